The number of aromatic nitrogens is 4. The van der Waals surface area contributed by atoms with E-state index < -0.39 is 23.8 Å². The molecule has 1 N–H and O–H groups in total. The van der Waals surface area contributed by atoms with Crippen LogP contribution in [0.4, 0.5) is 10.1 Å². The highest BCUT2D eigenvalue weighted by Crippen LogP contribution is 2.23. The number of benzene rings is 2. The third-order valence-corrected chi connectivity index (χ3v) is 5.82. The van der Waals surface area contributed by atoms with Gasteiger partial charge in [-0.25, -0.2) is 18.7 Å². The minimum Gasteiger partial charge on any atom is -0.449 e. The van der Waals surface area contributed by atoms with Crippen LogP contribution in [0.5, 0.6) is 0 Å². The van der Waals surface area contributed by atoms with Gasteiger partial charge in [-0.05, 0) is 56.7 Å². The Hall–Kier alpha value is -3.79. The summed E-state index contributed by atoms with van der Waals surface area (Å²) in [5.74, 6) is -0.725. The highest BCUT2D eigenvalue weighted by Gasteiger charge is 2.21. The van der Waals surface area contributed by atoms with E-state index in [1.54, 1.807) is 22.7 Å². The molecule has 10 heteroatoms. The van der Waals surface area contributed by atoms with Crippen molar-refractivity contribution in [2.24, 2.45) is 0 Å². The predicted octanol–water partition coefficient (Wildman–Crippen LogP) is 4.36. The number of esters is 1. The minimum absolute atomic E-state index is 0.282. The maximum Gasteiger partial charge on any atom is 0.339 e. The maximum absolute atomic E-state index is 13.3. The highest BCUT2D eigenvalue weighted by molar-refractivity contribution is 7.98. The van der Waals surface area contributed by atoms with Crippen molar-refractivity contribution < 1.29 is 18.7 Å². The Kier molecular flexibility index (Phi) is 6.87. The summed E-state index contributed by atoms with van der Waals surface area (Å²) in [7, 11) is 0. The first-order chi connectivity index (χ1) is 16.3. The lowest BCUT2D eigenvalue weighted by Crippen LogP contribution is -2.30. The molecule has 34 heavy (non-hydrogen) atoms. The Bertz CT molecular complexity index is 1370. The molecular formula is C24H22FN5O3S. The van der Waals surface area contributed by atoms with E-state index in [4.69, 9.17) is 4.74 Å². The van der Waals surface area contributed by atoms with Crippen molar-refractivity contribution in [1.82, 2.24) is 19.6 Å². The van der Waals surface area contributed by atoms with Crippen LogP contribution in [0.1, 0.15) is 34.2 Å². The largest absolute Gasteiger partial charge is 0.449 e. The molecule has 0 saturated carbocycles. The SMILES string of the molecule is Cc1cc(C)n2nc(SCc3ccccc3C(=O)OC(C)C(=O)Nc3cccc(F)c3)nc2n1. The van der Waals surface area contributed by atoms with Gasteiger partial charge in [0.2, 0.25) is 5.16 Å². The molecule has 0 fully saturated rings. The lowest BCUT2D eigenvalue weighted by atomic mass is 10.1. The van der Waals surface area contributed by atoms with Crippen LogP contribution in [0.15, 0.2) is 59.8 Å². The Balaban J connectivity index is 1.42. The fourth-order valence-corrected chi connectivity index (χ4v) is 4.11. The lowest BCUT2D eigenvalue weighted by molar-refractivity contribution is -0.123. The van der Waals surface area contributed by atoms with Gasteiger partial charge in [-0.2, -0.15) is 4.98 Å². The number of halogens is 1. The summed E-state index contributed by atoms with van der Waals surface area (Å²) < 4.78 is 20.4. The molecule has 1 atom stereocenters. The van der Waals surface area contributed by atoms with E-state index in [1.165, 1.54) is 36.9 Å². The van der Waals surface area contributed by atoms with Gasteiger partial charge in [0, 0.05) is 22.8 Å². The number of nitrogens with zero attached hydrogens (tertiary/aromatic N) is 4. The highest BCUT2D eigenvalue weighted by atomic mass is 32.2. The summed E-state index contributed by atoms with van der Waals surface area (Å²) in [6, 6.07) is 14.4. The molecule has 4 aromatic rings. The number of rotatable bonds is 7. The molecule has 2 aromatic heterocycles. The van der Waals surface area contributed by atoms with Crippen LogP contribution in [0.25, 0.3) is 5.78 Å². The molecule has 0 radical (unpaired) electrons. The molecule has 1 unspecified atom stereocenters. The van der Waals surface area contributed by atoms with Gasteiger partial charge >= 0.3 is 5.97 Å². The molecule has 0 aliphatic carbocycles. The van der Waals surface area contributed by atoms with Crippen LogP contribution < -0.4 is 5.32 Å². The summed E-state index contributed by atoms with van der Waals surface area (Å²) >= 11 is 1.37. The molecule has 4 rings (SSSR count). The molecule has 2 heterocycles. The summed E-state index contributed by atoms with van der Waals surface area (Å²) in [4.78, 5) is 34.0. The van der Waals surface area contributed by atoms with E-state index in [1.807, 2.05) is 32.0 Å². The number of nitrogens with one attached hydrogen (secondary N) is 1. The standard InChI is InChI=1S/C24H22FN5O3S/c1-14-11-15(2)30-23(26-14)28-24(29-30)34-13-17-7-4-5-10-20(17)22(32)33-16(3)21(31)27-19-9-6-8-18(25)12-19/h4-12,16H,13H2,1-3H3,(H,27,31). The lowest BCUT2D eigenvalue weighted by Gasteiger charge is -2.15. The topological polar surface area (TPSA) is 98.5 Å². The molecule has 0 bridgehead atoms. The first-order valence-corrected chi connectivity index (χ1v) is 11.5. The molecule has 0 spiro atoms. The molecule has 0 aliphatic heterocycles. The fraction of sp³-hybridized carbons (Fsp3) is 0.208. The predicted molar refractivity (Wildman–Crippen MR) is 126 cm³/mol. The number of hydrogen-bond donors (Lipinski definition) is 1. The van der Waals surface area contributed by atoms with Crippen molar-refractivity contribution in [3.05, 3.63) is 82.9 Å². The second-order valence-electron chi connectivity index (χ2n) is 7.64. The third-order valence-electron chi connectivity index (χ3n) is 4.94. The Morgan fingerprint density at radius 1 is 1.12 bits per heavy atom. The van der Waals surface area contributed by atoms with Crippen LogP contribution in [0.2, 0.25) is 0 Å². The van der Waals surface area contributed by atoms with E-state index >= 15 is 0 Å². The molecule has 0 aliphatic rings. The number of aryl methyl sites for hydroxylation is 2. The third kappa shape index (κ3) is 5.40. The minimum atomic E-state index is -1.08. The summed E-state index contributed by atoms with van der Waals surface area (Å²) in [6.45, 7) is 5.29. The molecule has 0 saturated heterocycles. The summed E-state index contributed by atoms with van der Waals surface area (Å²) in [6.07, 6.45) is -1.08. The Morgan fingerprint density at radius 3 is 2.71 bits per heavy atom. The van der Waals surface area contributed by atoms with Gasteiger partial charge in [-0.15, -0.1) is 5.10 Å². The number of anilines is 1. The maximum atomic E-state index is 13.3. The number of fused-ring (bicyclic) bond motifs is 1. The van der Waals surface area contributed by atoms with Gasteiger partial charge in [0.25, 0.3) is 11.7 Å². The van der Waals surface area contributed by atoms with Crippen LogP contribution in [-0.2, 0) is 15.3 Å². The number of carbonyl (C=O) groups is 2. The molecular weight excluding hydrogens is 457 g/mol. The zero-order chi connectivity index (χ0) is 24.2. The van der Waals surface area contributed by atoms with E-state index in [0.717, 1.165) is 17.0 Å². The summed E-state index contributed by atoms with van der Waals surface area (Å²) in [5.41, 5.74) is 3.13. The van der Waals surface area contributed by atoms with E-state index in [0.29, 0.717) is 22.3 Å². The molecule has 1 amide bonds. The number of carbonyl (C=O) groups excluding carboxylic acids is 2. The molecule has 2 aromatic carbocycles. The van der Waals surface area contributed by atoms with Gasteiger partial charge in [0.1, 0.15) is 5.82 Å². The van der Waals surface area contributed by atoms with Crippen LogP contribution in [0.3, 0.4) is 0 Å². The van der Waals surface area contributed by atoms with Gasteiger partial charge < -0.3 is 10.1 Å². The van der Waals surface area contributed by atoms with Crippen molar-refractivity contribution in [2.45, 2.75) is 37.8 Å². The van der Waals surface area contributed by atoms with E-state index in [-0.39, 0.29) is 5.69 Å². The first kappa shape index (κ1) is 23.4. The zero-order valence-corrected chi connectivity index (χ0v) is 19.6. The van der Waals surface area contributed by atoms with Gasteiger partial charge in [0.15, 0.2) is 6.10 Å². The average Bonchev–Trinajstić information content (AvgIpc) is 3.21. The van der Waals surface area contributed by atoms with E-state index in [9.17, 15) is 14.0 Å². The summed E-state index contributed by atoms with van der Waals surface area (Å²) in [5, 5.41) is 7.54. The van der Waals surface area contributed by atoms with Crippen LogP contribution in [0, 0.1) is 19.7 Å². The number of ether oxygens (including phenoxy) is 1. The van der Waals surface area contributed by atoms with Crippen LogP contribution >= 0.6 is 11.8 Å². The second kappa shape index (κ2) is 10.0. The molecule has 174 valence electrons. The van der Waals surface area contributed by atoms with E-state index in [2.05, 4.69) is 20.4 Å². The van der Waals surface area contributed by atoms with Crippen molar-refractivity contribution in [2.75, 3.05) is 5.32 Å². The normalized spacial score (nSPS) is 11.9. The second-order valence-corrected chi connectivity index (χ2v) is 8.58. The zero-order valence-electron chi connectivity index (χ0n) is 18.8. The average molecular weight is 480 g/mol. The van der Waals surface area contributed by atoms with Gasteiger partial charge in [-0.1, -0.05) is 36.0 Å². The van der Waals surface area contributed by atoms with Gasteiger partial charge in [0.05, 0.1) is 5.56 Å². The smallest absolute Gasteiger partial charge is 0.339 e. The fourth-order valence-electron chi connectivity index (χ4n) is 3.28. The Morgan fingerprint density at radius 2 is 1.91 bits per heavy atom. The van der Waals surface area contributed by atoms with Gasteiger partial charge in [-0.3, -0.25) is 4.79 Å². The molecule has 8 nitrogen and oxygen atoms in total. The Labute approximate surface area is 199 Å². The van der Waals surface area contributed by atoms with Crippen molar-refractivity contribution in [1.29, 1.82) is 0 Å². The quantitative estimate of drug-likeness (QED) is 0.311. The first-order valence-electron chi connectivity index (χ1n) is 10.5. The number of hydrogen-bond acceptors (Lipinski definition) is 7. The van der Waals surface area contributed by atoms with Crippen LogP contribution in [-0.4, -0.2) is 37.6 Å². The monoisotopic (exact) mass is 479 g/mol. The number of amides is 1. The number of thioether (sulfide) groups is 1. The van der Waals surface area contributed by atoms with Crippen molar-refractivity contribution in [3.63, 3.8) is 0 Å². The van der Waals surface area contributed by atoms with Crippen molar-refractivity contribution in [3.8, 4) is 0 Å². The van der Waals surface area contributed by atoms with Crippen molar-refractivity contribution >= 4 is 35.1 Å².